The monoisotopic (exact) mass is 314 g/mol. The molecule has 0 aromatic rings. The molecule has 0 rings (SSSR count). The summed E-state index contributed by atoms with van der Waals surface area (Å²) >= 11 is 0. The Balaban J connectivity index is 4.41. The maximum Gasteiger partial charge on any atom is 0.146 e. The van der Waals surface area contributed by atoms with Crippen molar-refractivity contribution >= 4 is 10.5 Å². The Hall–Kier alpha value is -1.20. The fourth-order valence-corrected chi connectivity index (χ4v) is 2.52. The molecule has 21 heavy (non-hydrogen) atoms. The molecule has 0 aromatic heterocycles. The average Bonchev–Trinajstić information content (AvgIpc) is 2.51. The van der Waals surface area contributed by atoms with Crippen LogP contribution in [-0.4, -0.2) is 35.9 Å². The Kier molecular flexibility index (Phi) is 13.0. The van der Waals surface area contributed by atoms with Gasteiger partial charge in [-0.15, -0.1) is 0 Å². The van der Waals surface area contributed by atoms with Crippen molar-refractivity contribution in [2.24, 2.45) is 0 Å². The van der Waals surface area contributed by atoms with Gasteiger partial charge in [-0.05, 0) is 20.8 Å². The van der Waals surface area contributed by atoms with Gasteiger partial charge in [0.1, 0.15) is 10.5 Å². The maximum absolute atomic E-state index is 5.91. The van der Waals surface area contributed by atoms with Crippen LogP contribution < -0.4 is 0 Å². The standard InChI is InChI=1S/C16H30O4Si/c1-4-10-17-13-7-16(20-21,8-14-18-11-5-2)9-15-19-12-6-3/h4-6,10-12H,7-9,13-15H2,1-3,21H3/b10-4-,11-5-,12-6-. The van der Waals surface area contributed by atoms with Crippen molar-refractivity contribution in [2.75, 3.05) is 19.8 Å². The van der Waals surface area contributed by atoms with E-state index in [1.165, 1.54) is 0 Å². The molecule has 0 radical (unpaired) electrons. The quantitative estimate of drug-likeness (QED) is 0.298. The molecule has 0 atom stereocenters. The van der Waals surface area contributed by atoms with E-state index in [1.54, 1.807) is 18.8 Å². The lowest BCUT2D eigenvalue weighted by atomic mass is 9.93. The minimum Gasteiger partial charge on any atom is -0.501 e. The van der Waals surface area contributed by atoms with Crippen LogP contribution in [0.1, 0.15) is 40.0 Å². The molecule has 0 bridgehead atoms. The van der Waals surface area contributed by atoms with Crippen molar-refractivity contribution < 1.29 is 18.6 Å². The molecule has 0 saturated carbocycles. The second-order valence-corrected chi connectivity index (χ2v) is 5.07. The van der Waals surface area contributed by atoms with E-state index in [0.29, 0.717) is 30.3 Å². The van der Waals surface area contributed by atoms with Gasteiger partial charge in [-0.25, -0.2) is 0 Å². The summed E-state index contributed by atoms with van der Waals surface area (Å²) in [5.41, 5.74) is -0.225. The van der Waals surface area contributed by atoms with E-state index >= 15 is 0 Å². The lowest BCUT2D eigenvalue weighted by Crippen LogP contribution is -2.36. The molecule has 0 saturated heterocycles. The molecule has 0 spiro atoms. The van der Waals surface area contributed by atoms with Crippen LogP contribution in [0.15, 0.2) is 37.0 Å². The van der Waals surface area contributed by atoms with Gasteiger partial charge in [0.05, 0.1) is 44.2 Å². The third kappa shape index (κ3) is 10.2. The summed E-state index contributed by atoms with van der Waals surface area (Å²) < 4.78 is 22.2. The highest BCUT2D eigenvalue weighted by Gasteiger charge is 2.29. The summed E-state index contributed by atoms with van der Waals surface area (Å²) in [6, 6.07) is 0. The fraction of sp³-hybridized carbons (Fsp3) is 0.625. The predicted molar refractivity (Wildman–Crippen MR) is 89.9 cm³/mol. The van der Waals surface area contributed by atoms with Gasteiger partial charge >= 0.3 is 0 Å². The number of allylic oxidation sites excluding steroid dienone is 3. The minimum absolute atomic E-state index is 0.225. The maximum atomic E-state index is 5.91. The van der Waals surface area contributed by atoms with Crippen molar-refractivity contribution in [1.82, 2.24) is 0 Å². The Bertz CT molecular complexity index is 268. The highest BCUT2D eigenvalue weighted by Crippen LogP contribution is 2.25. The van der Waals surface area contributed by atoms with E-state index in [4.69, 9.17) is 18.6 Å². The Morgan fingerprint density at radius 3 is 1.29 bits per heavy atom. The molecular formula is C16H30O4Si. The normalized spacial score (nSPS) is 12.7. The lowest BCUT2D eigenvalue weighted by Gasteiger charge is -2.32. The molecule has 0 aliphatic carbocycles. The minimum atomic E-state index is -0.225. The Morgan fingerprint density at radius 1 is 0.714 bits per heavy atom. The first kappa shape index (κ1) is 19.8. The second-order valence-electron chi connectivity index (χ2n) is 4.66. The highest BCUT2D eigenvalue weighted by atomic mass is 28.2. The smallest absolute Gasteiger partial charge is 0.146 e. The zero-order valence-corrected chi connectivity index (χ0v) is 15.8. The second kappa shape index (κ2) is 13.8. The van der Waals surface area contributed by atoms with Gasteiger partial charge in [-0.2, -0.15) is 0 Å². The Morgan fingerprint density at radius 2 is 1.05 bits per heavy atom. The van der Waals surface area contributed by atoms with E-state index in [9.17, 15) is 0 Å². The van der Waals surface area contributed by atoms with Crippen LogP contribution in [0, 0.1) is 0 Å². The zero-order chi connectivity index (χ0) is 15.8. The molecule has 0 heterocycles. The van der Waals surface area contributed by atoms with Crippen molar-refractivity contribution in [3.8, 4) is 0 Å². The first-order valence-corrected chi connectivity index (χ1v) is 8.29. The zero-order valence-electron chi connectivity index (χ0n) is 13.8. The number of ether oxygens (including phenoxy) is 3. The van der Waals surface area contributed by atoms with Crippen molar-refractivity contribution in [3.63, 3.8) is 0 Å². The predicted octanol–water partition coefficient (Wildman–Crippen LogP) is 2.84. The van der Waals surface area contributed by atoms with Gasteiger partial charge in [-0.3, -0.25) is 0 Å². The summed E-state index contributed by atoms with van der Waals surface area (Å²) in [5, 5.41) is 0. The van der Waals surface area contributed by atoms with E-state index in [0.717, 1.165) is 19.3 Å². The lowest BCUT2D eigenvalue weighted by molar-refractivity contribution is -0.000222. The molecule has 4 nitrogen and oxygen atoms in total. The number of rotatable bonds is 13. The highest BCUT2D eigenvalue weighted by molar-refractivity contribution is 5.98. The van der Waals surface area contributed by atoms with Gasteiger partial charge in [0.2, 0.25) is 0 Å². The van der Waals surface area contributed by atoms with Crippen LogP contribution in [0.5, 0.6) is 0 Å². The van der Waals surface area contributed by atoms with Crippen LogP contribution in [0.2, 0.25) is 0 Å². The SMILES string of the molecule is C/C=C\OCCC(CCO/C=C\C)(CCO/C=C\C)O[SiH3]. The summed E-state index contributed by atoms with van der Waals surface area (Å²) in [5.74, 6) is 0. The first-order valence-electron chi connectivity index (χ1n) is 7.48. The van der Waals surface area contributed by atoms with Crippen LogP contribution in [-0.2, 0) is 18.6 Å². The number of hydrogen-bond donors (Lipinski definition) is 0. The first-order chi connectivity index (χ1) is 10.2. The summed E-state index contributed by atoms with van der Waals surface area (Å²) in [4.78, 5) is 0. The van der Waals surface area contributed by atoms with Crippen molar-refractivity contribution in [1.29, 1.82) is 0 Å². The largest absolute Gasteiger partial charge is 0.501 e. The van der Waals surface area contributed by atoms with Crippen LogP contribution in [0.25, 0.3) is 0 Å². The van der Waals surface area contributed by atoms with Gasteiger partial charge in [0.15, 0.2) is 0 Å². The molecule has 122 valence electrons. The van der Waals surface area contributed by atoms with Crippen molar-refractivity contribution in [3.05, 3.63) is 37.0 Å². The molecule has 0 unspecified atom stereocenters. The van der Waals surface area contributed by atoms with Gasteiger partial charge < -0.3 is 18.6 Å². The molecule has 0 aliphatic heterocycles. The van der Waals surface area contributed by atoms with Gasteiger partial charge in [-0.1, -0.05) is 18.2 Å². The molecule has 0 aliphatic rings. The van der Waals surface area contributed by atoms with Gasteiger partial charge in [0, 0.05) is 19.3 Å². The third-order valence-corrected chi connectivity index (χ3v) is 4.02. The molecule has 0 fully saturated rings. The molecule has 5 heteroatoms. The molecule has 0 N–H and O–H groups in total. The van der Waals surface area contributed by atoms with Crippen LogP contribution in [0.4, 0.5) is 0 Å². The van der Waals surface area contributed by atoms with Crippen LogP contribution in [0.3, 0.4) is 0 Å². The van der Waals surface area contributed by atoms with Crippen LogP contribution >= 0.6 is 0 Å². The topological polar surface area (TPSA) is 36.9 Å². The Labute approximate surface area is 132 Å². The van der Waals surface area contributed by atoms with E-state index in [1.807, 2.05) is 39.0 Å². The number of hydrogen-bond acceptors (Lipinski definition) is 4. The van der Waals surface area contributed by atoms with E-state index in [-0.39, 0.29) is 5.60 Å². The van der Waals surface area contributed by atoms with Crippen molar-refractivity contribution in [2.45, 2.75) is 45.6 Å². The summed E-state index contributed by atoms with van der Waals surface area (Å²) in [6.45, 7) is 7.73. The van der Waals surface area contributed by atoms with E-state index < -0.39 is 0 Å². The third-order valence-electron chi connectivity index (χ3n) is 3.16. The fourth-order valence-electron chi connectivity index (χ4n) is 1.91. The molecule has 0 amide bonds. The summed E-state index contributed by atoms with van der Waals surface area (Å²) in [6.07, 6.45) is 13.3. The molecular weight excluding hydrogens is 284 g/mol. The van der Waals surface area contributed by atoms with Gasteiger partial charge in [0.25, 0.3) is 0 Å². The summed E-state index contributed by atoms with van der Waals surface area (Å²) in [7, 11) is 0.683. The average molecular weight is 314 g/mol. The molecule has 0 aromatic carbocycles. The van der Waals surface area contributed by atoms with E-state index in [2.05, 4.69) is 0 Å².